The monoisotopic (exact) mass is 289 g/mol. The molecule has 5 heteroatoms. The molecule has 114 valence electrons. The number of hydrogen-bond donors (Lipinski definition) is 2. The molecule has 1 aromatic rings. The SMILES string of the molecule is Nc1ccc2c(c1)OCCN2CC(=O)NC1CCCCC1. The molecule has 2 aliphatic rings. The van der Waals surface area contributed by atoms with Gasteiger partial charge in [-0.15, -0.1) is 0 Å². The number of rotatable bonds is 3. The fourth-order valence-electron chi connectivity index (χ4n) is 3.15. The lowest BCUT2D eigenvalue weighted by atomic mass is 9.95. The van der Waals surface area contributed by atoms with Gasteiger partial charge >= 0.3 is 0 Å². The summed E-state index contributed by atoms with van der Waals surface area (Å²) in [4.78, 5) is 14.3. The van der Waals surface area contributed by atoms with Crippen LogP contribution in [0.15, 0.2) is 18.2 Å². The van der Waals surface area contributed by atoms with E-state index in [1.165, 1.54) is 19.3 Å². The van der Waals surface area contributed by atoms with E-state index >= 15 is 0 Å². The molecule has 0 radical (unpaired) electrons. The molecular weight excluding hydrogens is 266 g/mol. The summed E-state index contributed by atoms with van der Waals surface area (Å²) in [7, 11) is 0. The van der Waals surface area contributed by atoms with E-state index in [2.05, 4.69) is 10.2 Å². The number of carbonyl (C=O) groups excluding carboxylic acids is 1. The van der Waals surface area contributed by atoms with Gasteiger partial charge < -0.3 is 20.7 Å². The van der Waals surface area contributed by atoms with Crippen molar-refractivity contribution in [1.82, 2.24) is 5.32 Å². The summed E-state index contributed by atoms with van der Waals surface area (Å²) in [5.41, 5.74) is 7.41. The molecule has 1 aliphatic heterocycles. The predicted octanol–water partition coefficient (Wildman–Crippen LogP) is 1.92. The van der Waals surface area contributed by atoms with E-state index in [0.29, 0.717) is 24.9 Å². The van der Waals surface area contributed by atoms with Gasteiger partial charge in [0.15, 0.2) is 0 Å². The molecule has 1 fully saturated rings. The maximum absolute atomic E-state index is 12.2. The van der Waals surface area contributed by atoms with Crippen molar-refractivity contribution >= 4 is 17.3 Å². The molecule has 1 aromatic carbocycles. The number of nitrogens with two attached hydrogens (primary N) is 1. The van der Waals surface area contributed by atoms with Crippen LogP contribution < -0.4 is 20.7 Å². The number of nitrogens with zero attached hydrogens (tertiary/aromatic N) is 1. The number of ether oxygens (including phenoxy) is 1. The van der Waals surface area contributed by atoms with Gasteiger partial charge in [0.05, 0.1) is 18.8 Å². The first kappa shape index (κ1) is 14.0. The Morgan fingerprint density at radius 1 is 1.33 bits per heavy atom. The van der Waals surface area contributed by atoms with Gasteiger partial charge in [-0.2, -0.15) is 0 Å². The molecular formula is C16H23N3O2. The number of anilines is 2. The minimum Gasteiger partial charge on any atom is -0.489 e. The van der Waals surface area contributed by atoms with Crippen molar-refractivity contribution in [3.63, 3.8) is 0 Å². The first-order valence-electron chi connectivity index (χ1n) is 7.79. The smallest absolute Gasteiger partial charge is 0.239 e. The van der Waals surface area contributed by atoms with Gasteiger partial charge in [-0.05, 0) is 25.0 Å². The molecule has 0 saturated heterocycles. The summed E-state index contributed by atoms with van der Waals surface area (Å²) in [6, 6.07) is 5.95. The summed E-state index contributed by atoms with van der Waals surface area (Å²) in [6.07, 6.45) is 5.98. The van der Waals surface area contributed by atoms with Crippen LogP contribution in [0.1, 0.15) is 32.1 Å². The van der Waals surface area contributed by atoms with E-state index in [0.717, 1.165) is 30.8 Å². The lowest BCUT2D eigenvalue weighted by molar-refractivity contribution is -0.120. The topological polar surface area (TPSA) is 67.6 Å². The van der Waals surface area contributed by atoms with Crippen LogP contribution >= 0.6 is 0 Å². The Balaban J connectivity index is 1.61. The van der Waals surface area contributed by atoms with Crippen LogP contribution in [0.5, 0.6) is 5.75 Å². The third kappa shape index (κ3) is 3.40. The van der Waals surface area contributed by atoms with Crippen LogP contribution in [-0.4, -0.2) is 31.6 Å². The Morgan fingerprint density at radius 2 is 2.14 bits per heavy atom. The normalized spacial score (nSPS) is 18.8. The number of fused-ring (bicyclic) bond motifs is 1. The number of nitrogen functional groups attached to an aromatic ring is 1. The number of carbonyl (C=O) groups is 1. The minimum absolute atomic E-state index is 0.103. The summed E-state index contributed by atoms with van der Waals surface area (Å²) < 4.78 is 5.61. The number of benzene rings is 1. The van der Waals surface area contributed by atoms with Gasteiger partial charge in [-0.3, -0.25) is 4.79 Å². The van der Waals surface area contributed by atoms with Gasteiger partial charge in [-0.1, -0.05) is 19.3 Å². The number of hydrogen-bond acceptors (Lipinski definition) is 4. The Kier molecular flexibility index (Phi) is 4.18. The highest BCUT2D eigenvalue weighted by Gasteiger charge is 2.22. The van der Waals surface area contributed by atoms with Crippen molar-refractivity contribution in [1.29, 1.82) is 0 Å². The molecule has 21 heavy (non-hydrogen) atoms. The molecule has 0 bridgehead atoms. The van der Waals surface area contributed by atoms with Crippen LogP contribution in [0.2, 0.25) is 0 Å². The quantitative estimate of drug-likeness (QED) is 0.834. The first-order valence-corrected chi connectivity index (χ1v) is 7.79. The molecule has 3 N–H and O–H groups in total. The lowest BCUT2D eigenvalue weighted by Crippen LogP contribution is -2.45. The van der Waals surface area contributed by atoms with Crippen LogP contribution in [0.4, 0.5) is 11.4 Å². The predicted molar refractivity (Wildman–Crippen MR) is 83.6 cm³/mol. The Morgan fingerprint density at radius 3 is 2.95 bits per heavy atom. The molecule has 0 spiro atoms. The second-order valence-electron chi connectivity index (χ2n) is 5.90. The third-order valence-corrected chi connectivity index (χ3v) is 4.25. The molecule has 1 aliphatic carbocycles. The number of nitrogens with one attached hydrogen (secondary N) is 1. The van der Waals surface area contributed by atoms with Crippen LogP contribution in [0.3, 0.4) is 0 Å². The highest BCUT2D eigenvalue weighted by molar-refractivity contribution is 5.82. The van der Waals surface area contributed by atoms with Crippen molar-refractivity contribution in [2.45, 2.75) is 38.1 Å². The van der Waals surface area contributed by atoms with Crippen molar-refractivity contribution in [2.75, 3.05) is 30.3 Å². The number of amides is 1. The molecule has 0 unspecified atom stereocenters. The maximum atomic E-state index is 12.2. The van der Waals surface area contributed by atoms with Gasteiger partial charge in [-0.25, -0.2) is 0 Å². The standard InChI is InChI=1S/C16H23N3O2/c17-12-6-7-14-15(10-12)21-9-8-19(14)11-16(20)18-13-4-2-1-3-5-13/h6-7,10,13H,1-5,8-9,11,17H2,(H,18,20). The third-order valence-electron chi connectivity index (χ3n) is 4.25. The molecule has 3 rings (SSSR count). The van der Waals surface area contributed by atoms with Gasteiger partial charge in [0.25, 0.3) is 0 Å². The molecule has 1 amide bonds. The molecule has 0 aromatic heterocycles. The Labute approximate surface area is 125 Å². The van der Waals surface area contributed by atoms with E-state index in [9.17, 15) is 4.79 Å². The van der Waals surface area contributed by atoms with E-state index in [4.69, 9.17) is 10.5 Å². The zero-order valence-electron chi connectivity index (χ0n) is 12.3. The summed E-state index contributed by atoms with van der Waals surface area (Å²) >= 11 is 0. The van der Waals surface area contributed by atoms with Crippen molar-refractivity contribution in [2.24, 2.45) is 0 Å². The fraction of sp³-hybridized carbons (Fsp3) is 0.562. The first-order chi connectivity index (χ1) is 10.2. The summed E-state index contributed by atoms with van der Waals surface area (Å²) in [6.45, 7) is 1.71. The summed E-state index contributed by atoms with van der Waals surface area (Å²) in [5.74, 6) is 0.873. The van der Waals surface area contributed by atoms with E-state index in [-0.39, 0.29) is 5.91 Å². The van der Waals surface area contributed by atoms with Crippen LogP contribution in [0, 0.1) is 0 Å². The fourth-order valence-corrected chi connectivity index (χ4v) is 3.15. The van der Waals surface area contributed by atoms with E-state index in [1.54, 1.807) is 0 Å². The highest BCUT2D eigenvalue weighted by Crippen LogP contribution is 2.33. The van der Waals surface area contributed by atoms with Crippen molar-refractivity contribution in [3.05, 3.63) is 18.2 Å². The maximum Gasteiger partial charge on any atom is 0.239 e. The molecule has 5 nitrogen and oxygen atoms in total. The van der Waals surface area contributed by atoms with Crippen molar-refractivity contribution in [3.8, 4) is 5.75 Å². The second-order valence-corrected chi connectivity index (χ2v) is 5.90. The minimum atomic E-state index is 0.103. The zero-order valence-corrected chi connectivity index (χ0v) is 12.3. The van der Waals surface area contributed by atoms with Crippen molar-refractivity contribution < 1.29 is 9.53 Å². The van der Waals surface area contributed by atoms with Gasteiger partial charge in [0.2, 0.25) is 5.91 Å². The Hall–Kier alpha value is -1.91. The van der Waals surface area contributed by atoms with Gasteiger partial charge in [0, 0.05) is 17.8 Å². The summed E-state index contributed by atoms with van der Waals surface area (Å²) in [5, 5.41) is 3.16. The molecule has 1 heterocycles. The zero-order chi connectivity index (χ0) is 14.7. The largest absolute Gasteiger partial charge is 0.489 e. The van der Waals surface area contributed by atoms with Crippen LogP contribution in [0.25, 0.3) is 0 Å². The average Bonchev–Trinajstić information content (AvgIpc) is 2.48. The Bertz CT molecular complexity index is 512. The van der Waals surface area contributed by atoms with Crippen LogP contribution in [-0.2, 0) is 4.79 Å². The molecule has 0 atom stereocenters. The molecule has 1 saturated carbocycles. The lowest BCUT2D eigenvalue weighted by Gasteiger charge is -2.31. The van der Waals surface area contributed by atoms with E-state index < -0.39 is 0 Å². The van der Waals surface area contributed by atoms with E-state index in [1.807, 2.05) is 18.2 Å². The average molecular weight is 289 g/mol. The van der Waals surface area contributed by atoms with Gasteiger partial charge in [0.1, 0.15) is 12.4 Å². The highest BCUT2D eigenvalue weighted by atomic mass is 16.5. The second kappa shape index (κ2) is 6.24.